The first-order chi connectivity index (χ1) is 10.5. The number of hydrogen-bond donors (Lipinski definition) is 0. The highest BCUT2D eigenvalue weighted by Gasteiger charge is 2.55. The fraction of sp³-hybridized carbons (Fsp3) is 0.556. The van der Waals surface area contributed by atoms with E-state index in [9.17, 15) is 22.8 Å². The van der Waals surface area contributed by atoms with Gasteiger partial charge >= 0.3 is 6.18 Å². The Balaban J connectivity index is 2.19. The zero-order valence-corrected chi connectivity index (χ0v) is 13.6. The van der Waals surface area contributed by atoms with Crippen molar-refractivity contribution < 1.29 is 22.8 Å². The summed E-state index contributed by atoms with van der Waals surface area (Å²) in [7, 11) is 0. The second-order valence-electron chi connectivity index (χ2n) is 7.50. The third-order valence-electron chi connectivity index (χ3n) is 4.18. The minimum atomic E-state index is -4.50. The molecule has 0 unspecified atom stereocenters. The van der Waals surface area contributed by atoms with Crippen molar-refractivity contribution >= 4 is 11.6 Å². The van der Waals surface area contributed by atoms with Crippen molar-refractivity contribution in [2.75, 3.05) is 0 Å². The molecular weight excluding hydrogens is 305 g/mol. The van der Waals surface area contributed by atoms with Gasteiger partial charge in [0.2, 0.25) is 0 Å². The molecule has 0 atom stereocenters. The lowest BCUT2D eigenvalue weighted by molar-refractivity contribution is -0.138. The third kappa shape index (κ3) is 4.01. The number of ketones is 2. The van der Waals surface area contributed by atoms with Crippen LogP contribution in [0.1, 0.15) is 51.2 Å². The quantitative estimate of drug-likeness (QED) is 0.741. The Morgan fingerprint density at radius 3 is 2.09 bits per heavy atom. The molecule has 0 amide bonds. The summed E-state index contributed by atoms with van der Waals surface area (Å²) in [5.41, 5.74) is -2.14. The molecule has 5 heteroatoms. The van der Waals surface area contributed by atoms with E-state index in [0.717, 1.165) is 6.07 Å². The lowest BCUT2D eigenvalue weighted by Gasteiger charge is -2.21. The first kappa shape index (κ1) is 17.7. The Morgan fingerprint density at radius 2 is 1.61 bits per heavy atom. The summed E-state index contributed by atoms with van der Waals surface area (Å²) in [6.07, 6.45) is -3.67. The number of carbonyl (C=O) groups is 2. The van der Waals surface area contributed by atoms with E-state index in [2.05, 4.69) is 0 Å². The van der Waals surface area contributed by atoms with E-state index in [-0.39, 0.29) is 35.4 Å². The molecule has 0 spiro atoms. The molecule has 0 aliphatic heterocycles. The van der Waals surface area contributed by atoms with E-state index in [1.807, 2.05) is 20.8 Å². The van der Waals surface area contributed by atoms with Crippen LogP contribution in [0.2, 0.25) is 0 Å². The van der Waals surface area contributed by atoms with Crippen LogP contribution in [0, 0.1) is 10.8 Å². The smallest absolute Gasteiger partial charge is 0.299 e. The van der Waals surface area contributed by atoms with Crippen molar-refractivity contribution in [2.24, 2.45) is 10.8 Å². The van der Waals surface area contributed by atoms with Crippen molar-refractivity contribution in [3.05, 3.63) is 35.4 Å². The number of benzene rings is 1. The molecule has 2 rings (SSSR count). The van der Waals surface area contributed by atoms with Crippen LogP contribution in [0.3, 0.4) is 0 Å². The van der Waals surface area contributed by atoms with Crippen LogP contribution in [-0.4, -0.2) is 11.6 Å². The number of rotatable bonds is 5. The second-order valence-corrected chi connectivity index (χ2v) is 7.50. The van der Waals surface area contributed by atoms with Gasteiger partial charge in [0.25, 0.3) is 0 Å². The van der Waals surface area contributed by atoms with Gasteiger partial charge < -0.3 is 0 Å². The summed E-state index contributed by atoms with van der Waals surface area (Å²) >= 11 is 0. The molecule has 1 fully saturated rings. The fourth-order valence-electron chi connectivity index (χ4n) is 2.78. The molecule has 126 valence electrons. The van der Waals surface area contributed by atoms with Crippen molar-refractivity contribution in [2.45, 2.75) is 52.6 Å². The normalized spacial score (nSPS) is 17.0. The molecule has 0 N–H and O–H groups in total. The van der Waals surface area contributed by atoms with Gasteiger partial charge in [-0.1, -0.05) is 39.0 Å². The van der Waals surface area contributed by atoms with Gasteiger partial charge in [0, 0.05) is 12.8 Å². The number of alkyl halides is 3. The minimum absolute atomic E-state index is 0.0557. The molecule has 23 heavy (non-hydrogen) atoms. The standard InChI is InChI=1S/C18H21F3O2/c1-16(2,3)11-15(23)17(8-9-17)14(22)10-12-6-4-5-7-13(12)18(19,20)21/h4-7H,8-11H2,1-3H3. The molecule has 0 aromatic heterocycles. The lowest BCUT2D eigenvalue weighted by Crippen LogP contribution is -2.30. The van der Waals surface area contributed by atoms with Crippen molar-refractivity contribution in [3.8, 4) is 0 Å². The SMILES string of the molecule is CC(C)(C)CC(=O)C1(C(=O)Cc2ccccc2C(F)(F)F)CC1. The molecular formula is C18H21F3O2. The zero-order valence-electron chi connectivity index (χ0n) is 13.6. The zero-order chi connectivity index (χ0) is 17.5. The summed E-state index contributed by atoms with van der Waals surface area (Å²) in [5.74, 6) is -0.525. The predicted molar refractivity (Wildman–Crippen MR) is 80.9 cm³/mol. The maximum Gasteiger partial charge on any atom is 0.416 e. The molecule has 1 aliphatic carbocycles. The molecule has 0 saturated heterocycles. The van der Waals surface area contributed by atoms with Crippen LogP contribution in [0.25, 0.3) is 0 Å². The van der Waals surface area contributed by atoms with Crippen LogP contribution in [0.15, 0.2) is 24.3 Å². The van der Waals surface area contributed by atoms with Gasteiger partial charge in [-0.3, -0.25) is 9.59 Å². The fourth-order valence-corrected chi connectivity index (χ4v) is 2.78. The highest BCUT2D eigenvalue weighted by Crippen LogP contribution is 2.50. The maximum atomic E-state index is 13.0. The predicted octanol–water partition coefficient (Wildman–Crippen LogP) is 4.60. The third-order valence-corrected chi connectivity index (χ3v) is 4.18. The molecule has 0 heterocycles. The molecule has 1 aromatic carbocycles. The number of carbonyl (C=O) groups excluding carboxylic acids is 2. The molecule has 2 nitrogen and oxygen atoms in total. The van der Waals surface area contributed by atoms with Crippen LogP contribution in [0.5, 0.6) is 0 Å². The number of hydrogen-bond acceptors (Lipinski definition) is 2. The topological polar surface area (TPSA) is 34.1 Å². The summed E-state index contributed by atoms with van der Waals surface area (Å²) in [5, 5.41) is 0. The highest BCUT2D eigenvalue weighted by molar-refractivity contribution is 6.10. The monoisotopic (exact) mass is 326 g/mol. The van der Waals surface area contributed by atoms with E-state index in [1.165, 1.54) is 18.2 Å². The molecule has 0 radical (unpaired) electrons. The summed E-state index contributed by atoms with van der Waals surface area (Å²) < 4.78 is 39.0. The van der Waals surface area contributed by atoms with E-state index >= 15 is 0 Å². The van der Waals surface area contributed by atoms with Crippen molar-refractivity contribution in [1.29, 1.82) is 0 Å². The Bertz CT molecular complexity index is 620. The van der Waals surface area contributed by atoms with Crippen LogP contribution < -0.4 is 0 Å². The second kappa shape index (κ2) is 5.77. The lowest BCUT2D eigenvalue weighted by atomic mass is 9.81. The molecule has 1 aliphatic rings. The van der Waals surface area contributed by atoms with E-state index < -0.39 is 17.2 Å². The van der Waals surface area contributed by atoms with Crippen LogP contribution >= 0.6 is 0 Å². The number of Topliss-reactive ketones (excluding diaryl/α,β-unsaturated/α-hetero) is 2. The van der Waals surface area contributed by atoms with Gasteiger partial charge in [0.05, 0.1) is 11.0 Å². The van der Waals surface area contributed by atoms with E-state index in [1.54, 1.807) is 0 Å². The van der Waals surface area contributed by atoms with Gasteiger partial charge in [-0.25, -0.2) is 0 Å². The maximum absolute atomic E-state index is 13.0. The largest absolute Gasteiger partial charge is 0.416 e. The summed E-state index contributed by atoms with van der Waals surface area (Å²) in [4.78, 5) is 24.9. The Morgan fingerprint density at radius 1 is 1.04 bits per heavy atom. The average molecular weight is 326 g/mol. The summed E-state index contributed by atoms with van der Waals surface area (Å²) in [6.45, 7) is 5.72. The Kier molecular flexibility index (Phi) is 4.44. The van der Waals surface area contributed by atoms with Crippen LogP contribution in [-0.2, 0) is 22.2 Å². The van der Waals surface area contributed by atoms with Gasteiger partial charge in [0.15, 0.2) is 5.78 Å². The molecule has 0 bridgehead atoms. The highest BCUT2D eigenvalue weighted by atomic mass is 19.4. The van der Waals surface area contributed by atoms with Crippen LogP contribution in [0.4, 0.5) is 13.2 Å². The van der Waals surface area contributed by atoms with Gasteiger partial charge in [-0.05, 0) is 29.9 Å². The Labute approximate surface area is 134 Å². The Hall–Kier alpha value is -1.65. The minimum Gasteiger partial charge on any atom is -0.299 e. The van der Waals surface area contributed by atoms with E-state index in [0.29, 0.717) is 12.8 Å². The molecule has 1 saturated carbocycles. The first-order valence-electron chi connectivity index (χ1n) is 7.67. The average Bonchev–Trinajstić information content (AvgIpc) is 3.17. The van der Waals surface area contributed by atoms with Crippen molar-refractivity contribution in [1.82, 2.24) is 0 Å². The van der Waals surface area contributed by atoms with E-state index in [4.69, 9.17) is 0 Å². The van der Waals surface area contributed by atoms with Gasteiger partial charge in [0.1, 0.15) is 5.78 Å². The van der Waals surface area contributed by atoms with Crippen molar-refractivity contribution in [3.63, 3.8) is 0 Å². The molecule has 1 aromatic rings. The van der Waals surface area contributed by atoms with Gasteiger partial charge in [-0.2, -0.15) is 13.2 Å². The number of halogens is 3. The first-order valence-corrected chi connectivity index (χ1v) is 7.67. The van der Waals surface area contributed by atoms with Gasteiger partial charge in [-0.15, -0.1) is 0 Å². The summed E-state index contributed by atoms with van der Waals surface area (Å²) in [6, 6.07) is 5.06.